The van der Waals surface area contributed by atoms with Crippen molar-refractivity contribution in [2.45, 2.75) is 26.8 Å². The zero-order valence-corrected chi connectivity index (χ0v) is 11.8. The summed E-state index contributed by atoms with van der Waals surface area (Å²) in [7, 11) is 0. The summed E-state index contributed by atoms with van der Waals surface area (Å²) in [5.41, 5.74) is -0.0738. The van der Waals surface area contributed by atoms with Gasteiger partial charge in [0.2, 0.25) is 5.91 Å². The van der Waals surface area contributed by atoms with Gasteiger partial charge in [-0.15, -0.1) is 0 Å². The second-order valence-corrected chi connectivity index (χ2v) is 5.16. The Balaban J connectivity index is 2.71. The SMILES string of the molecule is CC(C)CNC(=O)C(C)Nc1c(F)cc(F)cc1Cl. The molecule has 1 rings (SSSR count). The van der Waals surface area contributed by atoms with Crippen molar-refractivity contribution in [3.8, 4) is 0 Å². The molecule has 6 heteroatoms. The molecule has 0 aliphatic heterocycles. The van der Waals surface area contributed by atoms with Crippen LogP contribution in [-0.2, 0) is 4.79 Å². The van der Waals surface area contributed by atoms with Gasteiger partial charge in [0.1, 0.15) is 11.9 Å². The van der Waals surface area contributed by atoms with Crippen molar-refractivity contribution in [2.24, 2.45) is 5.92 Å². The number of carbonyl (C=O) groups excluding carboxylic acids is 1. The van der Waals surface area contributed by atoms with Crippen LogP contribution in [0.25, 0.3) is 0 Å². The molecule has 0 aliphatic rings. The second kappa shape index (κ2) is 6.70. The summed E-state index contributed by atoms with van der Waals surface area (Å²) in [6, 6.07) is 1.04. The molecule has 1 aromatic carbocycles. The minimum absolute atomic E-state index is 0.0738. The maximum absolute atomic E-state index is 13.5. The van der Waals surface area contributed by atoms with E-state index in [4.69, 9.17) is 11.6 Å². The van der Waals surface area contributed by atoms with Crippen molar-refractivity contribution in [3.05, 3.63) is 28.8 Å². The van der Waals surface area contributed by atoms with Crippen molar-refractivity contribution >= 4 is 23.2 Å². The third-order valence-corrected chi connectivity index (χ3v) is 2.74. The zero-order chi connectivity index (χ0) is 14.6. The highest BCUT2D eigenvalue weighted by Crippen LogP contribution is 2.26. The Labute approximate surface area is 116 Å². The van der Waals surface area contributed by atoms with Gasteiger partial charge >= 0.3 is 0 Å². The fourth-order valence-corrected chi connectivity index (χ4v) is 1.67. The van der Waals surface area contributed by atoms with E-state index in [1.807, 2.05) is 13.8 Å². The summed E-state index contributed by atoms with van der Waals surface area (Å²) in [6.45, 7) is 6.04. The third kappa shape index (κ3) is 4.67. The number of hydrogen-bond donors (Lipinski definition) is 2. The molecule has 1 atom stereocenters. The summed E-state index contributed by atoms with van der Waals surface area (Å²) in [5.74, 6) is -1.53. The van der Waals surface area contributed by atoms with Crippen molar-refractivity contribution in [1.82, 2.24) is 5.32 Å². The Morgan fingerprint density at radius 3 is 2.47 bits per heavy atom. The van der Waals surface area contributed by atoms with Crippen LogP contribution in [0.3, 0.4) is 0 Å². The number of rotatable bonds is 5. The molecule has 0 saturated carbocycles. The van der Waals surface area contributed by atoms with E-state index >= 15 is 0 Å². The Morgan fingerprint density at radius 1 is 1.32 bits per heavy atom. The molecule has 0 aliphatic carbocycles. The number of carbonyl (C=O) groups is 1. The van der Waals surface area contributed by atoms with Crippen LogP contribution in [0.1, 0.15) is 20.8 Å². The van der Waals surface area contributed by atoms with Crippen molar-refractivity contribution in [3.63, 3.8) is 0 Å². The number of benzene rings is 1. The van der Waals surface area contributed by atoms with Gasteiger partial charge in [0.15, 0.2) is 5.82 Å². The molecule has 0 radical (unpaired) electrons. The van der Waals surface area contributed by atoms with Crippen LogP contribution in [0.2, 0.25) is 5.02 Å². The number of nitrogens with one attached hydrogen (secondary N) is 2. The quantitative estimate of drug-likeness (QED) is 0.874. The Kier molecular flexibility index (Phi) is 5.54. The first-order chi connectivity index (χ1) is 8.81. The molecular weight excluding hydrogens is 274 g/mol. The molecule has 0 spiro atoms. The Morgan fingerprint density at radius 2 is 1.95 bits per heavy atom. The Hall–Kier alpha value is -1.36. The average Bonchev–Trinajstić information content (AvgIpc) is 2.30. The molecule has 106 valence electrons. The Bertz CT molecular complexity index is 443. The maximum Gasteiger partial charge on any atom is 0.242 e. The number of anilines is 1. The fraction of sp³-hybridized carbons (Fsp3) is 0.462. The average molecular weight is 291 g/mol. The monoisotopic (exact) mass is 290 g/mol. The molecule has 0 aromatic heterocycles. The molecule has 0 fully saturated rings. The van der Waals surface area contributed by atoms with E-state index in [-0.39, 0.29) is 16.6 Å². The van der Waals surface area contributed by atoms with E-state index in [1.165, 1.54) is 0 Å². The minimum atomic E-state index is -0.825. The topological polar surface area (TPSA) is 41.1 Å². The van der Waals surface area contributed by atoms with Gasteiger partial charge in [-0.2, -0.15) is 0 Å². The van der Waals surface area contributed by atoms with Crippen LogP contribution >= 0.6 is 11.6 Å². The lowest BCUT2D eigenvalue weighted by molar-refractivity contribution is -0.121. The highest BCUT2D eigenvalue weighted by molar-refractivity contribution is 6.33. The molecular formula is C13H17ClF2N2O. The molecule has 1 unspecified atom stereocenters. The summed E-state index contributed by atoms with van der Waals surface area (Å²) in [5, 5.41) is 5.26. The molecule has 1 aromatic rings. The van der Waals surface area contributed by atoms with Gasteiger partial charge in [-0.05, 0) is 18.9 Å². The number of hydrogen-bond acceptors (Lipinski definition) is 2. The van der Waals surface area contributed by atoms with Crippen molar-refractivity contribution in [1.29, 1.82) is 0 Å². The standard InChI is InChI=1S/C13H17ClF2N2O/c1-7(2)6-17-13(19)8(3)18-12-10(14)4-9(15)5-11(12)16/h4-5,7-8,18H,6H2,1-3H3,(H,17,19). The molecule has 0 bridgehead atoms. The normalized spacial score (nSPS) is 12.4. The van der Waals surface area contributed by atoms with Gasteiger partial charge in [-0.25, -0.2) is 8.78 Å². The zero-order valence-electron chi connectivity index (χ0n) is 11.1. The number of amides is 1. The highest BCUT2D eigenvalue weighted by atomic mass is 35.5. The first kappa shape index (κ1) is 15.7. The maximum atomic E-state index is 13.5. The van der Waals surface area contributed by atoms with E-state index in [0.717, 1.165) is 6.07 Å². The van der Waals surface area contributed by atoms with Crippen LogP contribution in [0.4, 0.5) is 14.5 Å². The smallest absolute Gasteiger partial charge is 0.242 e. The lowest BCUT2D eigenvalue weighted by Gasteiger charge is -2.17. The van der Waals surface area contributed by atoms with E-state index in [0.29, 0.717) is 18.5 Å². The van der Waals surface area contributed by atoms with Crippen LogP contribution in [0.15, 0.2) is 12.1 Å². The summed E-state index contributed by atoms with van der Waals surface area (Å²) in [6.07, 6.45) is 0. The van der Waals surface area contributed by atoms with Crippen LogP contribution < -0.4 is 10.6 Å². The first-order valence-corrected chi connectivity index (χ1v) is 6.37. The van der Waals surface area contributed by atoms with Crippen molar-refractivity contribution in [2.75, 3.05) is 11.9 Å². The highest BCUT2D eigenvalue weighted by Gasteiger charge is 2.17. The van der Waals surface area contributed by atoms with Crippen molar-refractivity contribution < 1.29 is 13.6 Å². The summed E-state index contributed by atoms with van der Waals surface area (Å²) in [4.78, 5) is 11.7. The van der Waals surface area contributed by atoms with Gasteiger partial charge in [-0.1, -0.05) is 25.4 Å². The van der Waals surface area contributed by atoms with Crippen LogP contribution in [-0.4, -0.2) is 18.5 Å². The molecule has 1 amide bonds. The molecule has 0 saturated heterocycles. The molecule has 19 heavy (non-hydrogen) atoms. The molecule has 2 N–H and O–H groups in total. The third-order valence-electron chi connectivity index (χ3n) is 2.45. The summed E-state index contributed by atoms with van der Waals surface area (Å²) < 4.78 is 26.4. The van der Waals surface area contributed by atoms with Gasteiger partial charge in [0.05, 0.1) is 10.7 Å². The van der Waals surface area contributed by atoms with Gasteiger partial charge in [0.25, 0.3) is 0 Å². The van der Waals surface area contributed by atoms with Crippen LogP contribution in [0, 0.1) is 17.6 Å². The van der Waals surface area contributed by atoms with E-state index in [1.54, 1.807) is 6.92 Å². The van der Waals surface area contributed by atoms with E-state index in [9.17, 15) is 13.6 Å². The lowest BCUT2D eigenvalue weighted by Crippen LogP contribution is -2.39. The van der Waals surface area contributed by atoms with Gasteiger partial charge in [0, 0.05) is 12.6 Å². The molecule has 0 heterocycles. The predicted molar refractivity (Wildman–Crippen MR) is 72.3 cm³/mol. The van der Waals surface area contributed by atoms with Crippen LogP contribution in [0.5, 0.6) is 0 Å². The van der Waals surface area contributed by atoms with Gasteiger partial charge < -0.3 is 10.6 Å². The minimum Gasteiger partial charge on any atom is -0.370 e. The molecule has 3 nitrogen and oxygen atoms in total. The fourth-order valence-electron chi connectivity index (χ4n) is 1.42. The van der Waals surface area contributed by atoms with E-state index < -0.39 is 17.7 Å². The summed E-state index contributed by atoms with van der Waals surface area (Å²) >= 11 is 5.74. The van der Waals surface area contributed by atoms with E-state index in [2.05, 4.69) is 10.6 Å². The predicted octanol–water partition coefficient (Wildman–Crippen LogP) is 3.19. The second-order valence-electron chi connectivity index (χ2n) is 4.75. The van der Waals surface area contributed by atoms with Gasteiger partial charge in [-0.3, -0.25) is 4.79 Å². The largest absolute Gasteiger partial charge is 0.370 e. The lowest BCUT2D eigenvalue weighted by atomic mass is 10.2. The first-order valence-electron chi connectivity index (χ1n) is 6.00. The number of halogens is 3.